The Morgan fingerprint density at radius 3 is 2.65 bits per heavy atom. The summed E-state index contributed by atoms with van der Waals surface area (Å²) in [4.78, 5) is 16.5. The summed E-state index contributed by atoms with van der Waals surface area (Å²) in [5.41, 5.74) is 7.77. The van der Waals surface area contributed by atoms with E-state index in [1.165, 1.54) is 4.52 Å². The molecule has 3 heterocycles. The molecule has 1 aliphatic heterocycles. The maximum absolute atomic E-state index is 13.4. The zero-order chi connectivity index (χ0) is 22.4. The summed E-state index contributed by atoms with van der Waals surface area (Å²) in [6.45, 7) is -0.402. The Morgan fingerprint density at radius 1 is 1.26 bits per heavy atom. The van der Waals surface area contributed by atoms with E-state index in [2.05, 4.69) is 15.4 Å². The lowest BCUT2D eigenvalue weighted by molar-refractivity contribution is -0.183. The average Bonchev–Trinajstić information content (AvgIpc) is 3.11. The number of nitrogens with one attached hydrogen (secondary N) is 1. The lowest BCUT2D eigenvalue weighted by Gasteiger charge is -2.31. The van der Waals surface area contributed by atoms with Gasteiger partial charge in [0, 0.05) is 31.7 Å². The van der Waals surface area contributed by atoms with Crippen molar-refractivity contribution in [1.82, 2.24) is 19.9 Å². The number of amides is 1. The van der Waals surface area contributed by atoms with Gasteiger partial charge in [-0.2, -0.15) is 18.3 Å². The number of alkyl halides is 5. The predicted octanol–water partition coefficient (Wildman–Crippen LogP) is 3.41. The van der Waals surface area contributed by atoms with Crippen LogP contribution in [0, 0.1) is 17.8 Å². The van der Waals surface area contributed by atoms with Gasteiger partial charge in [0.15, 0.2) is 5.65 Å². The highest BCUT2D eigenvalue weighted by Crippen LogP contribution is 2.40. The van der Waals surface area contributed by atoms with Gasteiger partial charge in [-0.05, 0) is 37.3 Å². The summed E-state index contributed by atoms with van der Waals surface area (Å²) < 4.78 is 67.4. The highest BCUT2D eigenvalue weighted by molar-refractivity contribution is 5.79. The second kappa shape index (κ2) is 7.99. The third kappa shape index (κ3) is 4.81. The number of imidazole rings is 1. The van der Waals surface area contributed by atoms with Gasteiger partial charge < -0.3 is 11.1 Å². The van der Waals surface area contributed by atoms with E-state index in [1.807, 2.05) is 0 Å². The Kier molecular flexibility index (Phi) is 5.65. The molecular weight excluding hydrogens is 421 g/mol. The van der Waals surface area contributed by atoms with Crippen LogP contribution < -0.4 is 11.1 Å². The molecule has 0 aromatic carbocycles. The highest BCUT2D eigenvalue weighted by Gasteiger charge is 2.44. The van der Waals surface area contributed by atoms with E-state index in [9.17, 15) is 26.7 Å². The number of fused-ring (bicyclic) bond motifs is 1. The van der Waals surface area contributed by atoms with Crippen LogP contribution in [0.1, 0.15) is 49.5 Å². The second-order valence-electron chi connectivity index (χ2n) is 8.63. The Bertz CT molecular complexity index is 949. The fraction of sp³-hybridized carbons (Fsp3) is 0.650. The molecule has 170 valence electrons. The smallest absolute Gasteiger partial charge is 0.355 e. The number of piperidine rings is 1. The molecule has 0 radical (unpaired) electrons. The molecule has 1 amide bonds. The summed E-state index contributed by atoms with van der Waals surface area (Å²) in [7, 11) is 0. The number of aromatic nitrogens is 3. The van der Waals surface area contributed by atoms with Crippen LogP contribution in [-0.4, -0.2) is 39.1 Å². The van der Waals surface area contributed by atoms with E-state index in [1.54, 1.807) is 18.3 Å². The van der Waals surface area contributed by atoms with Crippen LogP contribution in [-0.2, 0) is 11.2 Å². The number of hydrogen-bond acceptors (Lipinski definition) is 4. The van der Waals surface area contributed by atoms with Gasteiger partial charge in [0.2, 0.25) is 11.8 Å². The van der Waals surface area contributed by atoms with Crippen LogP contribution in [0.25, 0.3) is 5.65 Å². The van der Waals surface area contributed by atoms with Crippen molar-refractivity contribution in [3.63, 3.8) is 0 Å². The van der Waals surface area contributed by atoms with E-state index >= 15 is 0 Å². The number of hydrogen-bond donors (Lipinski definition) is 2. The quantitative estimate of drug-likeness (QED) is 0.707. The summed E-state index contributed by atoms with van der Waals surface area (Å²) in [5.74, 6) is -5.54. The highest BCUT2D eigenvalue weighted by atomic mass is 19.4. The third-order valence-corrected chi connectivity index (χ3v) is 6.39. The van der Waals surface area contributed by atoms with Gasteiger partial charge in [-0.3, -0.25) is 4.79 Å². The number of carbonyl (C=O) groups excluding carboxylic acids is 1. The van der Waals surface area contributed by atoms with Crippen molar-refractivity contribution >= 4 is 11.6 Å². The SMILES string of the molecule is N[C@H](c1cn2nc(CC3C[C@H](C(F)(F)F)CNC3=O)ccc2n1)C1CCC(F)(F)CC1. The van der Waals surface area contributed by atoms with Crippen molar-refractivity contribution in [2.75, 3.05) is 6.54 Å². The molecule has 3 N–H and O–H groups in total. The first-order valence-corrected chi connectivity index (χ1v) is 10.3. The van der Waals surface area contributed by atoms with Crippen molar-refractivity contribution in [2.24, 2.45) is 23.5 Å². The van der Waals surface area contributed by atoms with Crippen molar-refractivity contribution in [1.29, 1.82) is 0 Å². The topological polar surface area (TPSA) is 85.3 Å². The van der Waals surface area contributed by atoms with E-state index in [0.717, 1.165) is 0 Å². The Hall–Kier alpha value is -2.30. The molecule has 4 rings (SSSR count). The maximum Gasteiger partial charge on any atom is 0.393 e. The number of nitrogens with two attached hydrogens (primary N) is 1. The summed E-state index contributed by atoms with van der Waals surface area (Å²) in [6.07, 6.45) is -2.69. The Labute approximate surface area is 175 Å². The molecule has 3 atom stereocenters. The molecule has 1 saturated heterocycles. The van der Waals surface area contributed by atoms with E-state index in [0.29, 0.717) is 29.9 Å². The number of halogens is 5. The molecular formula is C20H24F5N5O. The minimum atomic E-state index is -4.36. The van der Waals surface area contributed by atoms with Crippen LogP contribution in [0.4, 0.5) is 22.0 Å². The van der Waals surface area contributed by atoms with Crippen molar-refractivity contribution in [2.45, 2.75) is 56.7 Å². The summed E-state index contributed by atoms with van der Waals surface area (Å²) >= 11 is 0. The number of carbonyl (C=O) groups is 1. The fourth-order valence-corrected chi connectivity index (χ4v) is 4.45. The van der Waals surface area contributed by atoms with Crippen LogP contribution in [0.2, 0.25) is 0 Å². The zero-order valence-electron chi connectivity index (χ0n) is 16.7. The molecule has 2 aromatic rings. The minimum absolute atomic E-state index is 0.0750. The van der Waals surface area contributed by atoms with Crippen LogP contribution >= 0.6 is 0 Å². The first-order chi connectivity index (χ1) is 14.5. The van der Waals surface area contributed by atoms with Gasteiger partial charge >= 0.3 is 6.18 Å². The molecule has 31 heavy (non-hydrogen) atoms. The monoisotopic (exact) mass is 445 g/mol. The first-order valence-electron chi connectivity index (χ1n) is 10.3. The largest absolute Gasteiger partial charge is 0.393 e. The van der Waals surface area contributed by atoms with E-state index in [4.69, 9.17) is 5.73 Å². The van der Waals surface area contributed by atoms with Crippen molar-refractivity contribution in [3.05, 3.63) is 29.7 Å². The number of rotatable bonds is 4. The van der Waals surface area contributed by atoms with E-state index in [-0.39, 0.29) is 31.6 Å². The van der Waals surface area contributed by atoms with Gasteiger partial charge in [0.25, 0.3) is 0 Å². The summed E-state index contributed by atoms with van der Waals surface area (Å²) in [6, 6.07) is 2.79. The molecule has 1 unspecified atom stereocenters. The molecule has 0 spiro atoms. The van der Waals surface area contributed by atoms with Crippen molar-refractivity contribution < 1.29 is 26.7 Å². The molecule has 0 bridgehead atoms. The minimum Gasteiger partial charge on any atom is -0.355 e. The Balaban J connectivity index is 1.47. The van der Waals surface area contributed by atoms with Gasteiger partial charge in [0.05, 0.1) is 29.5 Å². The molecule has 2 aromatic heterocycles. The van der Waals surface area contributed by atoms with Crippen LogP contribution in [0.15, 0.2) is 18.3 Å². The van der Waals surface area contributed by atoms with Gasteiger partial charge in [-0.15, -0.1) is 0 Å². The molecule has 11 heteroatoms. The normalized spacial score (nSPS) is 26.1. The lowest BCUT2D eigenvalue weighted by atomic mass is 9.81. The predicted molar refractivity (Wildman–Crippen MR) is 101 cm³/mol. The summed E-state index contributed by atoms with van der Waals surface area (Å²) in [5, 5.41) is 6.71. The molecule has 2 fully saturated rings. The number of nitrogens with zero attached hydrogens (tertiary/aromatic N) is 3. The van der Waals surface area contributed by atoms with E-state index < -0.39 is 42.4 Å². The molecule has 2 aliphatic rings. The zero-order valence-corrected chi connectivity index (χ0v) is 16.7. The first kappa shape index (κ1) is 21.9. The van der Waals surface area contributed by atoms with Crippen LogP contribution in [0.3, 0.4) is 0 Å². The fourth-order valence-electron chi connectivity index (χ4n) is 4.45. The standard InChI is InChI=1S/C20H24F5N5O/c21-19(22)5-3-11(4-6-19)17(26)15-10-30-16(28-15)2-1-14(29-30)8-12-7-13(20(23,24)25)9-27-18(12)31/h1-2,10-13,17H,3-9,26H2,(H,27,31)/t12?,13-,17-/m0/s1. The lowest BCUT2D eigenvalue weighted by Crippen LogP contribution is -2.47. The van der Waals surface area contributed by atoms with Gasteiger partial charge in [0.1, 0.15) is 0 Å². The van der Waals surface area contributed by atoms with Gasteiger partial charge in [-0.1, -0.05) is 0 Å². The third-order valence-electron chi connectivity index (χ3n) is 6.39. The second-order valence-corrected chi connectivity index (χ2v) is 8.63. The van der Waals surface area contributed by atoms with Crippen molar-refractivity contribution in [3.8, 4) is 0 Å². The van der Waals surface area contributed by atoms with Gasteiger partial charge in [-0.25, -0.2) is 18.3 Å². The molecule has 6 nitrogen and oxygen atoms in total. The average molecular weight is 445 g/mol. The Morgan fingerprint density at radius 2 is 1.97 bits per heavy atom. The molecule has 1 aliphatic carbocycles. The van der Waals surface area contributed by atoms with Crippen LogP contribution in [0.5, 0.6) is 0 Å². The molecule has 1 saturated carbocycles. The maximum atomic E-state index is 13.4.